The van der Waals surface area contributed by atoms with Gasteiger partial charge in [-0.05, 0) is 43.7 Å². The van der Waals surface area contributed by atoms with Crippen LogP contribution in [0.1, 0.15) is 33.1 Å². The lowest BCUT2D eigenvalue weighted by molar-refractivity contribution is -0.120. The van der Waals surface area contributed by atoms with Crippen LogP contribution in [0.15, 0.2) is 36.4 Å². The van der Waals surface area contributed by atoms with E-state index < -0.39 is 0 Å². The van der Waals surface area contributed by atoms with Crippen LogP contribution in [0.3, 0.4) is 0 Å². The van der Waals surface area contributed by atoms with Crippen LogP contribution in [0.4, 0.5) is 5.69 Å². The summed E-state index contributed by atoms with van der Waals surface area (Å²) in [5.41, 5.74) is 2.19. The lowest BCUT2D eigenvalue weighted by Gasteiger charge is -2.29. The van der Waals surface area contributed by atoms with Gasteiger partial charge in [0, 0.05) is 23.7 Å². The van der Waals surface area contributed by atoms with Gasteiger partial charge < -0.3 is 20.3 Å². The first-order chi connectivity index (χ1) is 13.0. The van der Waals surface area contributed by atoms with Gasteiger partial charge in [-0.3, -0.25) is 9.59 Å². The standard InChI is InChI=1S/C20H25N3O3S/c1-14-3-8-18(27-14)20(25)21-13-19(24)22-15(2)16-4-6-17(7-5-16)23-9-11-26-12-10-23/h3-8,15H,9-13H2,1-2H3,(H,21,25)(H,22,24). The number of benzene rings is 1. The molecule has 0 aliphatic carbocycles. The molecule has 3 rings (SSSR count). The van der Waals surface area contributed by atoms with Gasteiger partial charge in [-0.15, -0.1) is 11.3 Å². The predicted octanol–water partition coefficient (Wildman–Crippen LogP) is 2.50. The number of aryl methyl sites for hydroxylation is 1. The Balaban J connectivity index is 1.48. The molecule has 1 fully saturated rings. The Morgan fingerprint density at radius 1 is 1.15 bits per heavy atom. The first kappa shape index (κ1) is 19.4. The molecule has 0 radical (unpaired) electrons. The van der Waals surface area contributed by atoms with Crippen molar-refractivity contribution in [1.82, 2.24) is 10.6 Å². The zero-order valence-corrected chi connectivity index (χ0v) is 16.5. The summed E-state index contributed by atoms with van der Waals surface area (Å²) < 4.78 is 5.38. The number of nitrogens with zero attached hydrogens (tertiary/aromatic N) is 1. The number of ether oxygens (including phenoxy) is 1. The van der Waals surface area contributed by atoms with Gasteiger partial charge in [-0.2, -0.15) is 0 Å². The average Bonchev–Trinajstić information content (AvgIpc) is 3.13. The van der Waals surface area contributed by atoms with Crippen LogP contribution in [-0.2, 0) is 9.53 Å². The maximum atomic E-state index is 12.1. The zero-order valence-electron chi connectivity index (χ0n) is 15.7. The first-order valence-electron chi connectivity index (χ1n) is 9.09. The smallest absolute Gasteiger partial charge is 0.261 e. The fourth-order valence-electron chi connectivity index (χ4n) is 2.98. The molecule has 2 heterocycles. The Morgan fingerprint density at radius 3 is 2.48 bits per heavy atom. The number of carbonyl (C=O) groups excluding carboxylic acids is 2. The summed E-state index contributed by atoms with van der Waals surface area (Å²) in [6.07, 6.45) is 0. The van der Waals surface area contributed by atoms with E-state index in [-0.39, 0.29) is 24.4 Å². The van der Waals surface area contributed by atoms with Crippen molar-refractivity contribution < 1.29 is 14.3 Å². The molecule has 1 aromatic carbocycles. The van der Waals surface area contributed by atoms with Gasteiger partial charge in [0.25, 0.3) is 5.91 Å². The molecule has 0 bridgehead atoms. The predicted molar refractivity (Wildman–Crippen MR) is 107 cm³/mol. The third-order valence-corrected chi connectivity index (χ3v) is 5.52. The van der Waals surface area contributed by atoms with Crippen LogP contribution < -0.4 is 15.5 Å². The highest BCUT2D eigenvalue weighted by molar-refractivity contribution is 7.13. The highest BCUT2D eigenvalue weighted by Crippen LogP contribution is 2.20. The van der Waals surface area contributed by atoms with E-state index in [9.17, 15) is 9.59 Å². The summed E-state index contributed by atoms with van der Waals surface area (Å²) in [7, 11) is 0. The molecule has 1 aliphatic heterocycles. The molecular weight excluding hydrogens is 362 g/mol. The molecule has 0 saturated carbocycles. The summed E-state index contributed by atoms with van der Waals surface area (Å²) in [5, 5.41) is 5.59. The summed E-state index contributed by atoms with van der Waals surface area (Å²) in [6, 6.07) is 11.7. The number of nitrogens with one attached hydrogen (secondary N) is 2. The van der Waals surface area contributed by atoms with Crippen molar-refractivity contribution >= 4 is 28.8 Å². The van der Waals surface area contributed by atoms with E-state index in [1.165, 1.54) is 17.0 Å². The Kier molecular flexibility index (Phi) is 6.47. The molecule has 2 amide bonds. The zero-order chi connectivity index (χ0) is 19.2. The van der Waals surface area contributed by atoms with Crippen LogP contribution in [0.2, 0.25) is 0 Å². The molecule has 1 saturated heterocycles. The monoisotopic (exact) mass is 387 g/mol. The first-order valence-corrected chi connectivity index (χ1v) is 9.91. The summed E-state index contributed by atoms with van der Waals surface area (Å²) in [6.45, 7) is 7.15. The van der Waals surface area contributed by atoms with Crippen molar-refractivity contribution in [2.75, 3.05) is 37.7 Å². The van der Waals surface area contributed by atoms with E-state index in [0.29, 0.717) is 4.88 Å². The molecule has 6 nitrogen and oxygen atoms in total. The second-order valence-corrected chi connectivity index (χ2v) is 7.86. The van der Waals surface area contributed by atoms with E-state index >= 15 is 0 Å². The molecule has 1 aliphatic rings. The Labute approximate surface area is 163 Å². The SMILES string of the molecule is Cc1ccc(C(=O)NCC(=O)NC(C)c2ccc(N3CCOCC3)cc2)s1. The molecule has 1 atom stereocenters. The molecule has 1 aromatic heterocycles. The van der Waals surface area contributed by atoms with E-state index in [1.807, 2.05) is 32.0 Å². The van der Waals surface area contributed by atoms with Gasteiger partial charge >= 0.3 is 0 Å². The fraction of sp³-hybridized carbons (Fsp3) is 0.400. The molecule has 0 spiro atoms. The quantitative estimate of drug-likeness (QED) is 0.799. The van der Waals surface area contributed by atoms with Gasteiger partial charge in [-0.1, -0.05) is 12.1 Å². The summed E-state index contributed by atoms with van der Waals surface area (Å²) in [4.78, 5) is 28.1. The summed E-state index contributed by atoms with van der Waals surface area (Å²) >= 11 is 1.42. The minimum atomic E-state index is -0.217. The molecule has 27 heavy (non-hydrogen) atoms. The van der Waals surface area contributed by atoms with Crippen molar-refractivity contribution in [2.45, 2.75) is 19.9 Å². The number of carbonyl (C=O) groups is 2. The minimum Gasteiger partial charge on any atom is -0.378 e. The Morgan fingerprint density at radius 2 is 1.85 bits per heavy atom. The number of thiophene rings is 1. The van der Waals surface area contributed by atoms with Crippen LogP contribution in [0.5, 0.6) is 0 Å². The van der Waals surface area contributed by atoms with Gasteiger partial charge in [0.1, 0.15) is 0 Å². The molecule has 7 heteroatoms. The van der Waals surface area contributed by atoms with Crippen molar-refractivity contribution in [3.63, 3.8) is 0 Å². The normalized spacial score (nSPS) is 15.3. The maximum Gasteiger partial charge on any atom is 0.261 e. The highest BCUT2D eigenvalue weighted by Gasteiger charge is 2.14. The number of morpholine rings is 1. The van der Waals surface area contributed by atoms with Gasteiger partial charge in [0.2, 0.25) is 5.91 Å². The average molecular weight is 388 g/mol. The molecule has 2 N–H and O–H groups in total. The number of hydrogen-bond donors (Lipinski definition) is 2. The Hall–Kier alpha value is -2.38. The molecule has 1 unspecified atom stereocenters. The summed E-state index contributed by atoms with van der Waals surface area (Å²) in [5.74, 6) is -0.424. The third kappa shape index (κ3) is 5.30. The van der Waals surface area contributed by atoms with E-state index in [0.717, 1.165) is 36.7 Å². The largest absolute Gasteiger partial charge is 0.378 e. The van der Waals surface area contributed by atoms with Crippen LogP contribution >= 0.6 is 11.3 Å². The van der Waals surface area contributed by atoms with Crippen LogP contribution in [-0.4, -0.2) is 44.7 Å². The lowest BCUT2D eigenvalue weighted by Crippen LogP contribution is -2.38. The van der Waals surface area contributed by atoms with E-state index in [4.69, 9.17) is 4.74 Å². The van der Waals surface area contributed by atoms with Crippen LogP contribution in [0, 0.1) is 6.92 Å². The van der Waals surface area contributed by atoms with Gasteiger partial charge in [0.05, 0.1) is 30.7 Å². The molecular formula is C20H25N3O3S. The Bertz CT molecular complexity index is 782. The third-order valence-electron chi connectivity index (χ3n) is 4.52. The van der Waals surface area contributed by atoms with Gasteiger partial charge in [0.15, 0.2) is 0 Å². The van der Waals surface area contributed by atoms with Crippen molar-refractivity contribution in [1.29, 1.82) is 0 Å². The highest BCUT2D eigenvalue weighted by atomic mass is 32.1. The lowest BCUT2D eigenvalue weighted by atomic mass is 10.1. The topological polar surface area (TPSA) is 70.7 Å². The fourth-order valence-corrected chi connectivity index (χ4v) is 3.76. The van der Waals surface area contributed by atoms with Crippen LogP contribution in [0.25, 0.3) is 0 Å². The van der Waals surface area contributed by atoms with Crippen molar-refractivity contribution in [2.24, 2.45) is 0 Å². The molecule has 144 valence electrons. The van der Waals surface area contributed by atoms with E-state index in [1.54, 1.807) is 6.07 Å². The number of amides is 2. The van der Waals surface area contributed by atoms with E-state index in [2.05, 4.69) is 27.7 Å². The van der Waals surface area contributed by atoms with Crippen molar-refractivity contribution in [3.8, 4) is 0 Å². The van der Waals surface area contributed by atoms with Crippen molar-refractivity contribution in [3.05, 3.63) is 51.7 Å². The number of anilines is 1. The number of rotatable bonds is 6. The van der Waals surface area contributed by atoms with Gasteiger partial charge in [-0.25, -0.2) is 0 Å². The number of hydrogen-bond acceptors (Lipinski definition) is 5. The molecule has 2 aromatic rings. The minimum absolute atomic E-state index is 0.0357. The second kappa shape index (κ2) is 9.01. The second-order valence-electron chi connectivity index (χ2n) is 6.57. The maximum absolute atomic E-state index is 12.1.